The van der Waals surface area contributed by atoms with E-state index in [2.05, 4.69) is 0 Å². The number of benzene rings is 2. The molecular weight excluding hydrogens is 334 g/mol. The molecule has 0 N–H and O–H groups in total. The summed E-state index contributed by atoms with van der Waals surface area (Å²) >= 11 is 0. The number of cyclic esters (lactones) is 1. The third-order valence-corrected chi connectivity index (χ3v) is 4.20. The van der Waals surface area contributed by atoms with Gasteiger partial charge in [-0.3, -0.25) is 4.79 Å². The molecule has 26 heavy (non-hydrogen) atoms. The number of carbonyl (C=O) groups is 2. The molecule has 1 saturated heterocycles. The number of rotatable bonds is 5. The van der Waals surface area contributed by atoms with E-state index in [0.29, 0.717) is 17.1 Å². The zero-order chi connectivity index (χ0) is 18.7. The molecule has 6 heteroatoms. The standard InChI is InChI=1S/C20H19NO5/c1-13(15-7-5-4-6-8-15)21-19(22)18(26-20(21)23)12-14-9-10-16(24-2)17(11-14)25-3/h4-13H,1-3H3/b18-12-/t13-/m1/s1. The average Bonchev–Trinajstić information content (AvgIpc) is 2.95. The Morgan fingerprint density at radius 1 is 1.00 bits per heavy atom. The van der Waals surface area contributed by atoms with E-state index >= 15 is 0 Å². The van der Waals surface area contributed by atoms with Crippen LogP contribution in [-0.4, -0.2) is 31.1 Å². The Labute approximate surface area is 151 Å². The summed E-state index contributed by atoms with van der Waals surface area (Å²) < 4.78 is 15.6. The first kappa shape index (κ1) is 17.5. The first-order valence-electron chi connectivity index (χ1n) is 8.09. The Morgan fingerprint density at radius 2 is 1.69 bits per heavy atom. The maximum absolute atomic E-state index is 12.7. The van der Waals surface area contributed by atoms with E-state index in [4.69, 9.17) is 14.2 Å². The van der Waals surface area contributed by atoms with Crippen LogP contribution in [0.25, 0.3) is 6.08 Å². The van der Waals surface area contributed by atoms with Gasteiger partial charge >= 0.3 is 6.09 Å². The summed E-state index contributed by atoms with van der Waals surface area (Å²) in [6, 6.07) is 14.1. The third-order valence-electron chi connectivity index (χ3n) is 4.20. The van der Waals surface area contributed by atoms with Crippen LogP contribution in [0.4, 0.5) is 4.79 Å². The van der Waals surface area contributed by atoms with Gasteiger partial charge in [0.1, 0.15) is 0 Å². The Balaban J connectivity index is 1.88. The molecule has 2 aromatic carbocycles. The molecule has 1 aliphatic heterocycles. The van der Waals surface area contributed by atoms with Gasteiger partial charge in [0.25, 0.3) is 5.91 Å². The van der Waals surface area contributed by atoms with Crippen LogP contribution < -0.4 is 9.47 Å². The number of carbonyl (C=O) groups excluding carboxylic acids is 2. The minimum atomic E-state index is -0.682. The Bertz CT molecular complexity index is 860. The van der Waals surface area contributed by atoms with E-state index in [1.165, 1.54) is 13.2 Å². The van der Waals surface area contributed by atoms with Crippen LogP contribution in [0.3, 0.4) is 0 Å². The highest BCUT2D eigenvalue weighted by molar-refractivity contribution is 6.10. The molecule has 0 saturated carbocycles. The number of hydrogen-bond acceptors (Lipinski definition) is 5. The highest BCUT2D eigenvalue weighted by Crippen LogP contribution is 2.31. The summed E-state index contributed by atoms with van der Waals surface area (Å²) in [7, 11) is 3.07. The van der Waals surface area contributed by atoms with Crippen molar-refractivity contribution in [2.24, 2.45) is 0 Å². The number of imide groups is 1. The Hall–Kier alpha value is -3.28. The lowest BCUT2D eigenvalue weighted by molar-refractivity contribution is -0.124. The maximum Gasteiger partial charge on any atom is 0.423 e. The van der Waals surface area contributed by atoms with Gasteiger partial charge in [-0.2, -0.15) is 0 Å². The molecule has 0 bridgehead atoms. The molecular formula is C20H19NO5. The topological polar surface area (TPSA) is 65.1 Å². The van der Waals surface area contributed by atoms with Gasteiger partial charge in [0, 0.05) is 0 Å². The smallest absolute Gasteiger partial charge is 0.423 e. The van der Waals surface area contributed by atoms with Gasteiger partial charge in [-0.15, -0.1) is 0 Å². The predicted molar refractivity (Wildman–Crippen MR) is 95.7 cm³/mol. The van der Waals surface area contributed by atoms with E-state index in [9.17, 15) is 9.59 Å². The normalized spacial score (nSPS) is 16.6. The molecule has 134 valence electrons. The van der Waals surface area contributed by atoms with Gasteiger partial charge < -0.3 is 14.2 Å². The van der Waals surface area contributed by atoms with Crippen LogP contribution in [0.5, 0.6) is 11.5 Å². The molecule has 0 spiro atoms. The number of ether oxygens (including phenoxy) is 3. The van der Waals surface area contributed by atoms with Crippen LogP contribution in [0.1, 0.15) is 24.1 Å². The quantitative estimate of drug-likeness (QED) is 0.765. The molecule has 1 heterocycles. The van der Waals surface area contributed by atoms with Crippen molar-refractivity contribution in [1.29, 1.82) is 0 Å². The Kier molecular flexibility index (Phi) is 4.93. The first-order chi connectivity index (χ1) is 12.5. The lowest BCUT2D eigenvalue weighted by atomic mass is 10.1. The SMILES string of the molecule is COc1ccc(/C=C2\OC(=O)N([C@H](C)c3ccccc3)C2=O)cc1OC. The number of methoxy groups -OCH3 is 2. The van der Waals surface area contributed by atoms with E-state index in [0.717, 1.165) is 10.5 Å². The summed E-state index contributed by atoms with van der Waals surface area (Å²) in [4.78, 5) is 26.0. The van der Waals surface area contributed by atoms with Crippen molar-refractivity contribution in [3.8, 4) is 11.5 Å². The predicted octanol–water partition coefficient (Wildman–Crippen LogP) is 3.78. The maximum atomic E-state index is 12.7. The second kappa shape index (κ2) is 7.31. The van der Waals surface area contributed by atoms with Crippen molar-refractivity contribution in [1.82, 2.24) is 4.90 Å². The molecule has 0 radical (unpaired) electrons. The molecule has 2 aromatic rings. The first-order valence-corrected chi connectivity index (χ1v) is 8.09. The second-order valence-corrected chi connectivity index (χ2v) is 5.75. The van der Waals surface area contributed by atoms with Gasteiger partial charge in [0.15, 0.2) is 17.3 Å². The van der Waals surface area contributed by atoms with Crippen molar-refractivity contribution >= 4 is 18.1 Å². The fourth-order valence-electron chi connectivity index (χ4n) is 2.79. The number of hydrogen-bond donors (Lipinski definition) is 0. The fraction of sp³-hybridized carbons (Fsp3) is 0.200. The average molecular weight is 353 g/mol. The summed E-state index contributed by atoms with van der Waals surface area (Å²) in [5, 5.41) is 0. The molecule has 0 aliphatic carbocycles. The minimum absolute atomic E-state index is 0.0231. The van der Waals surface area contributed by atoms with Gasteiger partial charge in [-0.25, -0.2) is 9.69 Å². The van der Waals surface area contributed by atoms with Crippen molar-refractivity contribution in [3.05, 3.63) is 65.4 Å². The molecule has 1 aliphatic rings. The van der Waals surface area contributed by atoms with E-state index in [1.807, 2.05) is 30.3 Å². The summed E-state index contributed by atoms with van der Waals surface area (Å²) in [6.07, 6.45) is 0.831. The van der Waals surface area contributed by atoms with Gasteiger partial charge in [0.2, 0.25) is 0 Å². The van der Waals surface area contributed by atoms with Crippen molar-refractivity contribution in [2.45, 2.75) is 13.0 Å². The van der Waals surface area contributed by atoms with E-state index in [1.54, 1.807) is 32.2 Å². The summed E-state index contributed by atoms with van der Waals surface area (Å²) in [5.74, 6) is 0.600. The monoisotopic (exact) mass is 353 g/mol. The highest BCUT2D eigenvalue weighted by atomic mass is 16.6. The van der Waals surface area contributed by atoms with Gasteiger partial charge in [0.05, 0.1) is 20.3 Å². The third kappa shape index (κ3) is 3.26. The second-order valence-electron chi connectivity index (χ2n) is 5.75. The zero-order valence-electron chi connectivity index (χ0n) is 14.8. The fourth-order valence-corrected chi connectivity index (χ4v) is 2.79. The zero-order valence-corrected chi connectivity index (χ0v) is 14.8. The van der Waals surface area contributed by atoms with E-state index in [-0.39, 0.29) is 5.76 Å². The molecule has 0 aromatic heterocycles. The molecule has 1 atom stereocenters. The molecule has 3 rings (SSSR count). The number of amides is 2. The van der Waals surface area contributed by atoms with Crippen LogP contribution in [0, 0.1) is 0 Å². The van der Waals surface area contributed by atoms with Crippen molar-refractivity contribution < 1.29 is 23.8 Å². The van der Waals surface area contributed by atoms with Crippen molar-refractivity contribution in [3.63, 3.8) is 0 Å². The lowest BCUT2D eigenvalue weighted by Gasteiger charge is -2.19. The molecule has 6 nitrogen and oxygen atoms in total. The van der Waals surface area contributed by atoms with E-state index < -0.39 is 18.0 Å². The summed E-state index contributed by atoms with van der Waals surface area (Å²) in [6.45, 7) is 1.79. The highest BCUT2D eigenvalue weighted by Gasteiger charge is 2.40. The Morgan fingerprint density at radius 3 is 2.35 bits per heavy atom. The lowest BCUT2D eigenvalue weighted by Crippen LogP contribution is -2.31. The van der Waals surface area contributed by atoms with Crippen LogP contribution in [0.15, 0.2) is 54.3 Å². The summed E-state index contributed by atoms with van der Waals surface area (Å²) in [5.41, 5.74) is 1.51. The molecule has 2 amide bonds. The number of nitrogens with zero attached hydrogens (tertiary/aromatic N) is 1. The minimum Gasteiger partial charge on any atom is -0.493 e. The van der Waals surface area contributed by atoms with Gasteiger partial charge in [-0.05, 0) is 36.3 Å². The molecule has 0 unspecified atom stereocenters. The largest absolute Gasteiger partial charge is 0.493 e. The van der Waals surface area contributed by atoms with Crippen LogP contribution >= 0.6 is 0 Å². The van der Waals surface area contributed by atoms with Gasteiger partial charge in [-0.1, -0.05) is 36.4 Å². The van der Waals surface area contributed by atoms with Crippen LogP contribution in [0.2, 0.25) is 0 Å². The van der Waals surface area contributed by atoms with Crippen molar-refractivity contribution in [2.75, 3.05) is 14.2 Å². The molecule has 1 fully saturated rings. The van der Waals surface area contributed by atoms with Crippen LogP contribution in [-0.2, 0) is 9.53 Å².